The van der Waals surface area contributed by atoms with Gasteiger partial charge in [0, 0.05) is 11.6 Å². The van der Waals surface area contributed by atoms with Crippen LogP contribution in [0.3, 0.4) is 0 Å². The number of benzene rings is 1. The summed E-state index contributed by atoms with van der Waals surface area (Å²) in [5.41, 5.74) is 1.85. The fourth-order valence-electron chi connectivity index (χ4n) is 1.70. The Labute approximate surface area is 115 Å². The van der Waals surface area contributed by atoms with Gasteiger partial charge in [0.15, 0.2) is 0 Å². The van der Waals surface area contributed by atoms with Crippen molar-refractivity contribution in [2.24, 2.45) is 0 Å². The second-order valence-electron chi connectivity index (χ2n) is 4.00. The second-order valence-corrected chi connectivity index (χ2v) is 5.70. The smallest absolute Gasteiger partial charge is 0.0825 e. The lowest BCUT2D eigenvalue weighted by atomic mass is 10.0. The first-order valence-electron chi connectivity index (χ1n) is 5.52. The highest BCUT2D eigenvalue weighted by Crippen LogP contribution is 2.22. The molecular formula is C14H14INO. The molecule has 0 radical (unpaired) electrons. The van der Waals surface area contributed by atoms with E-state index in [1.165, 1.54) is 3.58 Å². The van der Waals surface area contributed by atoms with Crippen LogP contribution in [0, 0.1) is 0 Å². The molecule has 1 N–H and O–H groups in total. The number of allylic oxidation sites excluding steroid dienone is 1. The maximum Gasteiger partial charge on any atom is 0.0825 e. The molecular weight excluding hydrogens is 325 g/mol. The lowest BCUT2D eigenvalue weighted by Gasteiger charge is -2.09. The van der Waals surface area contributed by atoms with Crippen LogP contribution in [0.1, 0.15) is 25.0 Å². The molecule has 0 aliphatic rings. The Kier molecular flexibility index (Phi) is 4.12. The van der Waals surface area contributed by atoms with Crippen molar-refractivity contribution in [2.75, 3.05) is 0 Å². The van der Waals surface area contributed by atoms with Crippen LogP contribution >= 0.6 is 22.6 Å². The maximum absolute atomic E-state index is 10.1. The molecule has 0 fully saturated rings. The molecule has 3 heteroatoms. The predicted molar refractivity (Wildman–Crippen MR) is 79.1 cm³/mol. The van der Waals surface area contributed by atoms with Gasteiger partial charge < -0.3 is 5.11 Å². The fraction of sp³-hybridized carbons (Fsp3) is 0.214. The van der Waals surface area contributed by atoms with E-state index in [-0.39, 0.29) is 0 Å². The minimum Gasteiger partial charge on any atom is -0.388 e. The van der Waals surface area contributed by atoms with E-state index in [0.29, 0.717) is 6.42 Å². The van der Waals surface area contributed by atoms with Gasteiger partial charge in [-0.15, -0.1) is 0 Å². The van der Waals surface area contributed by atoms with Gasteiger partial charge in [-0.2, -0.15) is 0 Å². The number of halogens is 1. The number of hydrogen-bond donors (Lipinski definition) is 1. The molecule has 2 rings (SSSR count). The summed E-state index contributed by atoms with van der Waals surface area (Å²) in [5.74, 6) is 0. The van der Waals surface area contributed by atoms with Gasteiger partial charge >= 0.3 is 0 Å². The predicted octanol–water partition coefficient (Wildman–Crippen LogP) is 4.00. The van der Waals surface area contributed by atoms with Gasteiger partial charge in [-0.3, -0.25) is 4.98 Å². The van der Waals surface area contributed by atoms with Gasteiger partial charge in [0.2, 0.25) is 0 Å². The van der Waals surface area contributed by atoms with Crippen LogP contribution < -0.4 is 0 Å². The van der Waals surface area contributed by atoms with Crippen LogP contribution in [0.25, 0.3) is 10.9 Å². The molecule has 2 nitrogen and oxygen atoms in total. The van der Waals surface area contributed by atoms with E-state index < -0.39 is 6.10 Å². The zero-order valence-electron chi connectivity index (χ0n) is 9.60. The quantitative estimate of drug-likeness (QED) is 0.858. The Morgan fingerprint density at radius 1 is 1.47 bits per heavy atom. The molecule has 0 aliphatic carbocycles. The van der Waals surface area contributed by atoms with Gasteiger partial charge in [-0.1, -0.05) is 24.3 Å². The minimum atomic E-state index is -0.453. The van der Waals surface area contributed by atoms with Crippen LogP contribution in [0.2, 0.25) is 0 Å². The van der Waals surface area contributed by atoms with E-state index in [9.17, 15) is 5.11 Å². The molecule has 0 spiro atoms. The topological polar surface area (TPSA) is 33.1 Å². The highest BCUT2D eigenvalue weighted by molar-refractivity contribution is 14.1. The third-order valence-electron chi connectivity index (χ3n) is 2.64. The van der Waals surface area contributed by atoms with Crippen molar-refractivity contribution >= 4 is 33.5 Å². The van der Waals surface area contributed by atoms with Gasteiger partial charge in [0.25, 0.3) is 0 Å². The summed E-state index contributed by atoms with van der Waals surface area (Å²) in [6, 6.07) is 9.86. The number of aromatic nitrogens is 1. The lowest BCUT2D eigenvalue weighted by Crippen LogP contribution is -1.96. The highest BCUT2D eigenvalue weighted by Gasteiger charge is 2.06. The zero-order valence-corrected chi connectivity index (χ0v) is 11.8. The van der Waals surface area contributed by atoms with Crippen LogP contribution in [0.5, 0.6) is 0 Å². The van der Waals surface area contributed by atoms with E-state index >= 15 is 0 Å². The molecule has 0 saturated heterocycles. The maximum atomic E-state index is 10.1. The standard InChI is InChI=1S/C14H14INO/c1-10(15)4-7-14(17)12-6-5-11-3-2-8-16-13(11)9-12/h2-6,8-9,14,17H,7H2,1H3/b10-4-/t14-/m1/s1. The Morgan fingerprint density at radius 2 is 2.29 bits per heavy atom. The summed E-state index contributed by atoms with van der Waals surface area (Å²) < 4.78 is 1.19. The van der Waals surface area contributed by atoms with Crippen molar-refractivity contribution < 1.29 is 5.11 Å². The van der Waals surface area contributed by atoms with E-state index in [4.69, 9.17) is 0 Å². The molecule has 2 aromatic rings. The molecule has 1 aromatic carbocycles. The number of hydrogen-bond acceptors (Lipinski definition) is 2. The monoisotopic (exact) mass is 339 g/mol. The number of pyridine rings is 1. The van der Waals surface area contributed by atoms with Crippen molar-refractivity contribution in [3.63, 3.8) is 0 Å². The summed E-state index contributed by atoms with van der Waals surface area (Å²) in [6.45, 7) is 2.02. The summed E-state index contributed by atoms with van der Waals surface area (Å²) in [7, 11) is 0. The van der Waals surface area contributed by atoms with Crippen molar-refractivity contribution in [2.45, 2.75) is 19.4 Å². The number of rotatable bonds is 3. The summed E-state index contributed by atoms with van der Waals surface area (Å²) in [5, 5.41) is 11.2. The molecule has 0 aliphatic heterocycles. The van der Waals surface area contributed by atoms with E-state index in [1.807, 2.05) is 43.3 Å². The average Bonchev–Trinajstić information content (AvgIpc) is 2.35. The normalized spacial score (nSPS) is 13.9. The van der Waals surface area contributed by atoms with Crippen LogP contribution in [-0.4, -0.2) is 10.1 Å². The van der Waals surface area contributed by atoms with Gasteiger partial charge in [-0.25, -0.2) is 0 Å². The zero-order chi connectivity index (χ0) is 12.3. The van der Waals surface area contributed by atoms with Gasteiger partial charge in [0.1, 0.15) is 0 Å². The molecule has 17 heavy (non-hydrogen) atoms. The molecule has 88 valence electrons. The summed E-state index contributed by atoms with van der Waals surface area (Å²) >= 11 is 2.25. The molecule has 0 amide bonds. The van der Waals surface area contributed by atoms with Crippen molar-refractivity contribution in [1.29, 1.82) is 0 Å². The Morgan fingerprint density at radius 3 is 3.06 bits per heavy atom. The Bertz CT molecular complexity index is 547. The average molecular weight is 339 g/mol. The number of aliphatic hydroxyl groups is 1. The lowest BCUT2D eigenvalue weighted by molar-refractivity contribution is 0.181. The third-order valence-corrected chi connectivity index (χ3v) is 3.08. The Hall–Kier alpha value is -0.940. The van der Waals surface area contributed by atoms with Gasteiger partial charge in [-0.05, 0) is 57.2 Å². The second kappa shape index (κ2) is 5.60. The molecule has 1 heterocycles. The largest absolute Gasteiger partial charge is 0.388 e. The SMILES string of the molecule is C/C(I)=C/C[C@@H](O)c1ccc2cccnc2c1. The van der Waals surface area contributed by atoms with E-state index in [0.717, 1.165) is 16.5 Å². The van der Waals surface area contributed by atoms with E-state index in [1.54, 1.807) is 6.20 Å². The van der Waals surface area contributed by atoms with Crippen LogP contribution in [0.4, 0.5) is 0 Å². The fourth-order valence-corrected chi connectivity index (χ4v) is 1.96. The molecule has 0 bridgehead atoms. The molecule has 1 aromatic heterocycles. The number of nitrogens with zero attached hydrogens (tertiary/aromatic N) is 1. The van der Waals surface area contributed by atoms with Crippen molar-refractivity contribution in [3.8, 4) is 0 Å². The van der Waals surface area contributed by atoms with Crippen LogP contribution in [-0.2, 0) is 0 Å². The third kappa shape index (κ3) is 3.26. The number of aliphatic hydroxyl groups excluding tert-OH is 1. The molecule has 1 atom stereocenters. The van der Waals surface area contributed by atoms with Gasteiger partial charge in [0.05, 0.1) is 11.6 Å². The molecule has 0 unspecified atom stereocenters. The van der Waals surface area contributed by atoms with E-state index in [2.05, 4.69) is 27.6 Å². The Balaban J connectivity index is 2.26. The highest BCUT2D eigenvalue weighted by atomic mass is 127. The first-order chi connectivity index (χ1) is 8.16. The van der Waals surface area contributed by atoms with Crippen LogP contribution in [0.15, 0.2) is 46.2 Å². The number of fused-ring (bicyclic) bond motifs is 1. The summed E-state index contributed by atoms with van der Waals surface area (Å²) in [6.07, 6.45) is 4.00. The minimum absolute atomic E-state index is 0.453. The van der Waals surface area contributed by atoms with Crippen molar-refractivity contribution in [1.82, 2.24) is 4.98 Å². The summed E-state index contributed by atoms with van der Waals surface area (Å²) in [4.78, 5) is 4.29. The first kappa shape index (κ1) is 12.5. The van der Waals surface area contributed by atoms with Crippen molar-refractivity contribution in [3.05, 3.63) is 51.7 Å². The first-order valence-corrected chi connectivity index (χ1v) is 6.59. The molecule has 0 saturated carbocycles.